The predicted molar refractivity (Wildman–Crippen MR) is 93.5 cm³/mol. The van der Waals surface area contributed by atoms with Gasteiger partial charge in [0.25, 0.3) is 11.4 Å². The largest absolute Gasteiger partial charge is 0.459 e. The molecule has 0 unspecified atom stereocenters. The zero-order valence-corrected chi connectivity index (χ0v) is 15.9. The molecule has 0 saturated heterocycles. The molecule has 3 N–H and O–H groups in total. The van der Waals surface area contributed by atoms with Crippen LogP contribution in [0.3, 0.4) is 0 Å². The van der Waals surface area contributed by atoms with E-state index in [9.17, 15) is 38.2 Å². The monoisotopic (exact) mass is 418 g/mol. The van der Waals surface area contributed by atoms with Crippen molar-refractivity contribution in [2.45, 2.75) is 43.7 Å². The molecule has 0 aliphatic carbocycles. The summed E-state index contributed by atoms with van der Waals surface area (Å²) in [5, 5.41) is 21.9. The standard InChI is InChI=1S/C14H18N4O9S/c1-14(2,3)27-13(20)9(7-12(15)19)16-28(25,26)11-5-4-8(17(21)22)6-10(11)18(23)24/h4-6,9,16H,7H2,1-3H3,(H2,15,19)/t9-/m0/s1. The number of non-ortho nitro benzene ring substituents is 1. The number of carbonyl (C=O) groups is 2. The first-order valence-corrected chi connectivity index (χ1v) is 9.08. The van der Waals surface area contributed by atoms with Crippen molar-refractivity contribution < 1.29 is 32.6 Å². The number of nitro groups is 2. The number of carbonyl (C=O) groups excluding carboxylic acids is 2. The molecular formula is C14H18N4O9S. The van der Waals surface area contributed by atoms with E-state index in [0.717, 1.165) is 6.07 Å². The van der Waals surface area contributed by atoms with Gasteiger partial charge in [-0.05, 0) is 26.8 Å². The van der Waals surface area contributed by atoms with E-state index in [2.05, 4.69) is 0 Å². The first kappa shape index (κ1) is 22.9. The molecule has 1 rings (SSSR count). The fourth-order valence-electron chi connectivity index (χ4n) is 1.99. The second kappa shape index (κ2) is 8.26. The Morgan fingerprint density at radius 2 is 1.79 bits per heavy atom. The topological polar surface area (TPSA) is 202 Å². The Hall–Kier alpha value is -3.13. The lowest BCUT2D eigenvalue weighted by molar-refractivity contribution is -0.396. The number of hydrogen-bond acceptors (Lipinski definition) is 9. The second-order valence-corrected chi connectivity index (χ2v) is 8.23. The average Bonchev–Trinajstić information content (AvgIpc) is 2.51. The van der Waals surface area contributed by atoms with E-state index >= 15 is 0 Å². The Morgan fingerprint density at radius 3 is 2.21 bits per heavy atom. The van der Waals surface area contributed by atoms with Gasteiger partial charge in [0, 0.05) is 6.07 Å². The Balaban J connectivity index is 3.36. The number of nitro benzene ring substituents is 2. The number of amides is 1. The third kappa shape index (κ3) is 6.24. The predicted octanol–water partition coefficient (Wildman–Crippen LogP) is 0.367. The molecular weight excluding hydrogens is 400 g/mol. The van der Waals surface area contributed by atoms with Gasteiger partial charge in [-0.15, -0.1) is 0 Å². The number of primary amides is 1. The van der Waals surface area contributed by atoms with E-state index in [1.54, 1.807) is 0 Å². The van der Waals surface area contributed by atoms with Gasteiger partial charge in [0.15, 0.2) is 4.90 Å². The van der Waals surface area contributed by atoms with Gasteiger partial charge in [-0.3, -0.25) is 29.8 Å². The number of nitrogens with two attached hydrogens (primary N) is 1. The highest BCUT2D eigenvalue weighted by Gasteiger charge is 2.35. The van der Waals surface area contributed by atoms with Crippen LogP contribution in [0.25, 0.3) is 0 Å². The quantitative estimate of drug-likeness (QED) is 0.339. The Morgan fingerprint density at radius 1 is 1.21 bits per heavy atom. The Labute approximate surface area is 159 Å². The number of esters is 1. The molecule has 1 aromatic carbocycles. The lowest BCUT2D eigenvalue weighted by atomic mass is 10.1. The van der Waals surface area contributed by atoms with Gasteiger partial charge in [0.05, 0.1) is 22.3 Å². The zero-order valence-electron chi connectivity index (χ0n) is 15.1. The molecule has 1 aromatic rings. The van der Waals surface area contributed by atoms with Crippen LogP contribution in [0.5, 0.6) is 0 Å². The first-order valence-electron chi connectivity index (χ1n) is 7.60. The molecule has 0 saturated carbocycles. The third-order valence-corrected chi connectivity index (χ3v) is 4.55. The third-order valence-electron chi connectivity index (χ3n) is 3.03. The summed E-state index contributed by atoms with van der Waals surface area (Å²) in [7, 11) is -4.75. The Bertz CT molecular complexity index is 921. The molecule has 14 heteroatoms. The average molecular weight is 418 g/mol. The number of nitrogens with zero attached hydrogens (tertiary/aromatic N) is 2. The minimum atomic E-state index is -4.75. The lowest BCUT2D eigenvalue weighted by Gasteiger charge is -2.24. The minimum absolute atomic E-state index is 0.463. The van der Waals surface area contributed by atoms with Crippen molar-refractivity contribution in [3.05, 3.63) is 38.4 Å². The van der Waals surface area contributed by atoms with Crippen molar-refractivity contribution in [1.82, 2.24) is 4.72 Å². The molecule has 1 atom stereocenters. The summed E-state index contributed by atoms with van der Waals surface area (Å²) < 4.78 is 32.0. The maximum absolute atomic E-state index is 12.6. The van der Waals surface area contributed by atoms with Gasteiger partial charge in [-0.2, -0.15) is 4.72 Å². The summed E-state index contributed by atoms with van der Waals surface area (Å²) in [5.41, 5.74) is 2.22. The molecule has 154 valence electrons. The van der Waals surface area contributed by atoms with Crippen LogP contribution in [0.2, 0.25) is 0 Å². The fraction of sp³-hybridized carbons (Fsp3) is 0.429. The van der Waals surface area contributed by atoms with Crippen LogP contribution >= 0.6 is 0 Å². The summed E-state index contributed by atoms with van der Waals surface area (Å²) in [6.45, 7) is 4.51. The molecule has 0 aliphatic rings. The molecule has 28 heavy (non-hydrogen) atoms. The van der Waals surface area contributed by atoms with E-state index < -0.39 is 66.1 Å². The van der Waals surface area contributed by atoms with Crippen molar-refractivity contribution in [3.63, 3.8) is 0 Å². The van der Waals surface area contributed by atoms with Crippen LogP contribution in [-0.4, -0.2) is 41.8 Å². The van der Waals surface area contributed by atoms with Crippen LogP contribution in [0.15, 0.2) is 23.1 Å². The summed E-state index contributed by atoms with van der Waals surface area (Å²) in [5.74, 6) is -2.16. The lowest BCUT2D eigenvalue weighted by Crippen LogP contribution is -2.46. The van der Waals surface area contributed by atoms with E-state index in [4.69, 9.17) is 10.5 Å². The molecule has 0 radical (unpaired) electrons. The van der Waals surface area contributed by atoms with Crippen molar-refractivity contribution in [3.8, 4) is 0 Å². The van der Waals surface area contributed by atoms with Gasteiger partial charge >= 0.3 is 5.97 Å². The molecule has 1 amide bonds. The highest BCUT2D eigenvalue weighted by atomic mass is 32.2. The number of hydrogen-bond donors (Lipinski definition) is 2. The molecule has 0 aliphatic heterocycles. The molecule has 0 aromatic heterocycles. The molecule has 0 spiro atoms. The van der Waals surface area contributed by atoms with Gasteiger partial charge < -0.3 is 10.5 Å². The van der Waals surface area contributed by atoms with Crippen LogP contribution in [0.4, 0.5) is 11.4 Å². The Kier molecular flexibility index (Phi) is 6.76. The second-order valence-electron chi connectivity index (χ2n) is 6.54. The molecule has 13 nitrogen and oxygen atoms in total. The summed E-state index contributed by atoms with van der Waals surface area (Å²) in [6.07, 6.45) is -0.769. The van der Waals surface area contributed by atoms with Crippen molar-refractivity contribution >= 4 is 33.3 Å². The highest BCUT2D eigenvalue weighted by molar-refractivity contribution is 7.89. The maximum Gasteiger partial charge on any atom is 0.325 e. The number of sulfonamides is 1. The van der Waals surface area contributed by atoms with Crippen LogP contribution < -0.4 is 10.5 Å². The van der Waals surface area contributed by atoms with Crippen molar-refractivity contribution in [2.75, 3.05) is 0 Å². The molecule has 0 heterocycles. The summed E-state index contributed by atoms with van der Waals surface area (Å²) >= 11 is 0. The fourth-order valence-corrected chi connectivity index (χ4v) is 3.32. The van der Waals surface area contributed by atoms with E-state index in [1.165, 1.54) is 20.8 Å². The van der Waals surface area contributed by atoms with Crippen LogP contribution in [0, 0.1) is 20.2 Å². The van der Waals surface area contributed by atoms with Crippen molar-refractivity contribution in [1.29, 1.82) is 0 Å². The molecule has 0 fully saturated rings. The van der Waals surface area contributed by atoms with Crippen molar-refractivity contribution in [2.24, 2.45) is 5.73 Å². The normalized spacial score (nSPS) is 12.8. The number of nitrogens with one attached hydrogen (secondary N) is 1. The van der Waals surface area contributed by atoms with Crippen LogP contribution in [-0.2, 0) is 24.3 Å². The van der Waals surface area contributed by atoms with E-state index in [-0.39, 0.29) is 0 Å². The SMILES string of the molecule is CC(C)(C)OC(=O)[C@H](CC(N)=O)NS(=O)(=O)c1ccc([N+](=O)[O-])cc1[N+](=O)[O-]. The van der Waals surface area contributed by atoms with E-state index in [1.807, 2.05) is 4.72 Å². The zero-order chi connectivity index (χ0) is 21.9. The maximum atomic E-state index is 12.6. The summed E-state index contributed by atoms with van der Waals surface area (Å²) in [4.78, 5) is 42.3. The number of ether oxygens (including phenoxy) is 1. The smallest absolute Gasteiger partial charge is 0.325 e. The van der Waals surface area contributed by atoms with Gasteiger partial charge in [-0.1, -0.05) is 0 Å². The first-order chi connectivity index (χ1) is 12.6. The van der Waals surface area contributed by atoms with Crippen LogP contribution in [0.1, 0.15) is 27.2 Å². The van der Waals surface area contributed by atoms with Gasteiger partial charge in [0.2, 0.25) is 15.9 Å². The number of rotatable bonds is 8. The van der Waals surface area contributed by atoms with Gasteiger partial charge in [-0.25, -0.2) is 8.42 Å². The molecule has 0 bridgehead atoms. The van der Waals surface area contributed by atoms with Gasteiger partial charge in [0.1, 0.15) is 11.6 Å². The number of benzene rings is 1. The van der Waals surface area contributed by atoms with E-state index in [0.29, 0.717) is 12.1 Å². The highest BCUT2D eigenvalue weighted by Crippen LogP contribution is 2.28. The minimum Gasteiger partial charge on any atom is -0.459 e. The summed E-state index contributed by atoms with van der Waals surface area (Å²) in [6, 6.07) is 0.106.